The molecular formula is C13H7ClO3S. The van der Waals surface area contributed by atoms with Crippen LogP contribution < -0.4 is 0 Å². The molecule has 1 aliphatic rings. The summed E-state index contributed by atoms with van der Waals surface area (Å²) in [6, 6.07) is 11.7. The number of ketones is 1. The van der Waals surface area contributed by atoms with Crippen LogP contribution in [0.25, 0.3) is 11.1 Å². The summed E-state index contributed by atoms with van der Waals surface area (Å²) in [4.78, 5) is 12.1. The lowest BCUT2D eigenvalue weighted by Crippen LogP contribution is -2.03. The van der Waals surface area contributed by atoms with Gasteiger partial charge in [0.05, 0.1) is 10.5 Å². The van der Waals surface area contributed by atoms with Crippen molar-refractivity contribution < 1.29 is 13.2 Å². The molecule has 0 unspecified atom stereocenters. The third kappa shape index (κ3) is 1.50. The first-order chi connectivity index (χ1) is 8.50. The van der Waals surface area contributed by atoms with Gasteiger partial charge in [-0.3, -0.25) is 4.79 Å². The van der Waals surface area contributed by atoms with Crippen LogP contribution in [0.4, 0.5) is 0 Å². The van der Waals surface area contributed by atoms with Gasteiger partial charge in [-0.25, -0.2) is 8.42 Å². The fourth-order valence-corrected chi connectivity index (χ4v) is 3.32. The largest absolute Gasteiger partial charge is 0.289 e. The molecule has 3 nitrogen and oxygen atoms in total. The molecule has 0 heterocycles. The fourth-order valence-electron chi connectivity index (χ4n) is 2.24. The van der Waals surface area contributed by atoms with E-state index >= 15 is 0 Å². The van der Waals surface area contributed by atoms with E-state index in [0.29, 0.717) is 11.1 Å². The normalized spacial score (nSPS) is 13.3. The Hall–Kier alpha value is -1.65. The van der Waals surface area contributed by atoms with Crippen LogP contribution in [0.5, 0.6) is 0 Å². The summed E-state index contributed by atoms with van der Waals surface area (Å²) in [6.07, 6.45) is 0. The first-order valence-electron chi connectivity index (χ1n) is 5.22. The molecule has 0 bridgehead atoms. The minimum absolute atomic E-state index is 0.122. The van der Waals surface area contributed by atoms with Crippen molar-refractivity contribution in [2.45, 2.75) is 4.90 Å². The van der Waals surface area contributed by atoms with Gasteiger partial charge in [-0.05, 0) is 17.2 Å². The SMILES string of the molecule is O=C1c2ccccc2-c2cccc(S(=O)(=O)Cl)c21. The Morgan fingerprint density at radius 3 is 2.11 bits per heavy atom. The number of fused-ring (bicyclic) bond motifs is 3. The molecule has 0 fully saturated rings. The maximum absolute atomic E-state index is 12.2. The van der Waals surface area contributed by atoms with Gasteiger partial charge in [0.1, 0.15) is 0 Å². The summed E-state index contributed by atoms with van der Waals surface area (Å²) >= 11 is 0. The summed E-state index contributed by atoms with van der Waals surface area (Å²) in [5.74, 6) is -0.291. The molecule has 90 valence electrons. The minimum Gasteiger partial charge on any atom is -0.289 e. The van der Waals surface area contributed by atoms with Crippen LogP contribution in [0.15, 0.2) is 47.4 Å². The Balaban J connectivity index is 2.42. The van der Waals surface area contributed by atoms with E-state index in [9.17, 15) is 13.2 Å². The lowest BCUT2D eigenvalue weighted by Gasteiger charge is -2.03. The van der Waals surface area contributed by atoms with Gasteiger partial charge in [0, 0.05) is 16.2 Å². The molecule has 0 aromatic heterocycles. The van der Waals surface area contributed by atoms with E-state index in [-0.39, 0.29) is 16.2 Å². The molecule has 0 amide bonds. The van der Waals surface area contributed by atoms with Crippen molar-refractivity contribution in [2.24, 2.45) is 0 Å². The van der Waals surface area contributed by atoms with Gasteiger partial charge >= 0.3 is 0 Å². The molecule has 1 aliphatic carbocycles. The van der Waals surface area contributed by atoms with Gasteiger partial charge in [-0.1, -0.05) is 36.4 Å². The van der Waals surface area contributed by atoms with Gasteiger partial charge in [0.2, 0.25) is 0 Å². The van der Waals surface area contributed by atoms with E-state index < -0.39 is 9.05 Å². The van der Waals surface area contributed by atoms with Gasteiger partial charge in [-0.15, -0.1) is 0 Å². The number of carbonyl (C=O) groups excluding carboxylic acids is 1. The monoisotopic (exact) mass is 278 g/mol. The molecule has 0 aliphatic heterocycles. The van der Waals surface area contributed by atoms with Gasteiger partial charge in [-0.2, -0.15) is 0 Å². The van der Waals surface area contributed by atoms with Gasteiger partial charge in [0.25, 0.3) is 9.05 Å². The predicted octanol–water partition coefficient (Wildman–Crippen LogP) is 2.83. The molecule has 3 rings (SSSR count). The fraction of sp³-hybridized carbons (Fsp3) is 0. The number of rotatable bonds is 1. The van der Waals surface area contributed by atoms with Crippen molar-refractivity contribution in [1.29, 1.82) is 0 Å². The molecule has 0 radical (unpaired) electrons. The molecule has 0 atom stereocenters. The quantitative estimate of drug-likeness (QED) is 0.643. The topological polar surface area (TPSA) is 51.2 Å². The van der Waals surface area contributed by atoms with E-state index in [0.717, 1.165) is 5.56 Å². The van der Waals surface area contributed by atoms with Crippen LogP contribution in [-0.2, 0) is 9.05 Å². The number of carbonyl (C=O) groups is 1. The second kappa shape index (κ2) is 3.67. The Kier molecular flexibility index (Phi) is 2.33. The Labute approximate surface area is 108 Å². The highest BCUT2D eigenvalue weighted by molar-refractivity contribution is 8.13. The third-order valence-corrected chi connectivity index (χ3v) is 4.34. The van der Waals surface area contributed by atoms with Crippen LogP contribution in [0, 0.1) is 0 Å². The molecule has 2 aromatic rings. The van der Waals surface area contributed by atoms with Crippen LogP contribution in [-0.4, -0.2) is 14.2 Å². The zero-order valence-corrected chi connectivity index (χ0v) is 10.6. The van der Waals surface area contributed by atoms with Crippen LogP contribution in [0.2, 0.25) is 0 Å². The van der Waals surface area contributed by atoms with Gasteiger partial charge < -0.3 is 0 Å². The summed E-state index contributed by atoms with van der Waals surface area (Å²) in [7, 11) is 1.44. The third-order valence-electron chi connectivity index (χ3n) is 2.98. The standard InChI is InChI=1S/C13H7ClO3S/c14-18(16,17)11-7-3-6-9-8-4-1-2-5-10(8)13(15)12(9)11/h1-7H. The molecule has 0 saturated heterocycles. The summed E-state index contributed by atoms with van der Waals surface area (Å²) in [6.45, 7) is 0. The number of hydrogen-bond acceptors (Lipinski definition) is 3. The molecular weight excluding hydrogens is 272 g/mol. The van der Waals surface area contributed by atoms with E-state index in [1.54, 1.807) is 30.3 Å². The second-order valence-corrected chi connectivity index (χ2v) is 6.53. The van der Waals surface area contributed by atoms with E-state index in [4.69, 9.17) is 10.7 Å². The highest BCUT2D eigenvalue weighted by atomic mass is 35.7. The predicted molar refractivity (Wildman–Crippen MR) is 68.3 cm³/mol. The van der Waals surface area contributed by atoms with Crippen molar-refractivity contribution >= 4 is 25.5 Å². The van der Waals surface area contributed by atoms with Gasteiger partial charge in [0.15, 0.2) is 5.78 Å². The van der Waals surface area contributed by atoms with Crippen molar-refractivity contribution in [1.82, 2.24) is 0 Å². The Morgan fingerprint density at radius 2 is 1.44 bits per heavy atom. The highest BCUT2D eigenvalue weighted by Gasteiger charge is 2.32. The average molecular weight is 279 g/mol. The molecule has 18 heavy (non-hydrogen) atoms. The molecule has 2 aromatic carbocycles. The highest BCUT2D eigenvalue weighted by Crippen LogP contribution is 2.40. The number of benzene rings is 2. The molecule has 0 spiro atoms. The van der Waals surface area contributed by atoms with Crippen LogP contribution in [0.1, 0.15) is 15.9 Å². The summed E-state index contributed by atoms with van der Waals surface area (Å²) in [5, 5.41) is 0. The van der Waals surface area contributed by atoms with Crippen molar-refractivity contribution in [2.75, 3.05) is 0 Å². The van der Waals surface area contributed by atoms with E-state index in [2.05, 4.69) is 0 Å². The molecule has 0 saturated carbocycles. The second-order valence-electron chi connectivity index (χ2n) is 3.99. The Bertz CT molecular complexity index is 779. The number of halogens is 1. The van der Waals surface area contributed by atoms with Crippen molar-refractivity contribution in [3.05, 3.63) is 53.6 Å². The van der Waals surface area contributed by atoms with Crippen molar-refractivity contribution in [3.63, 3.8) is 0 Å². The summed E-state index contributed by atoms with van der Waals surface area (Å²) < 4.78 is 23.0. The van der Waals surface area contributed by atoms with Crippen molar-refractivity contribution in [3.8, 4) is 11.1 Å². The average Bonchev–Trinajstić information content (AvgIpc) is 2.63. The smallest absolute Gasteiger partial charge is 0.262 e. The summed E-state index contributed by atoms with van der Waals surface area (Å²) in [5.41, 5.74) is 2.06. The number of hydrogen-bond donors (Lipinski definition) is 0. The maximum atomic E-state index is 12.2. The molecule has 5 heteroatoms. The lowest BCUT2D eigenvalue weighted by molar-refractivity contribution is 0.104. The zero-order valence-electron chi connectivity index (χ0n) is 9.05. The van der Waals surface area contributed by atoms with E-state index in [1.807, 2.05) is 6.07 Å². The van der Waals surface area contributed by atoms with Crippen LogP contribution in [0.3, 0.4) is 0 Å². The molecule has 0 N–H and O–H groups in total. The Morgan fingerprint density at radius 1 is 0.833 bits per heavy atom. The lowest BCUT2D eigenvalue weighted by atomic mass is 10.1. The first-order valence-corrected chi connectivity index (χ1v) is 7.53. The maximum Gasteiger partial charge on any atom is 0.262 e. The zero-order chi connectivity index (χ0) is 12.9. The minimum atomic E-state index is -3.93. The first kappa shape index (κ1) is 11.4. The van der Waals surface area contributed by atoms with E-state index in [1.165, 1.54) is 6.07 Å². The van der Waals surface area contributed by atoms with Crippen LogP contribution >= 0.6 is 10.7 Å².